The van der Waals surface area contributed by atoms with Gasteiger partial charge in [-0.05, 0) is 24.6 Å². The summed E-state index contributed by atoms with van der Waals surface area (Å²) in [5.41, 5.74) is 1.06. The summed E-state index contributed by atoms with van der Waals surface area (Å²) in [6, 6.07) is 10.9. The second-order valence-electron chi connectivity index (χ2n) is 5.18. The van der Waals surface area contributed by atoms with Gasteiger partial charge in [0.1, 0.15) is 0 Å². The molecule has 0 saturated carbocycles. The van der Waals surface area contributed by atoms with Crippen LogP contribution in [0.2, 0.25) is 0 Å². The number of para-hydroxylation sites is 1. The molecule has 0 aliphatic heterocycles. The molecule has 3 rings (SSSR count). The van der Waals surface area contributed by atoms with E-state index in [0.29, 0.717) is 13.0 Å². The zero-order chi connectivity index (χ0) is 16.2. The molecule has 6 heteroatoms. The SMILES string of the molecule is Cn1ccc(C(=O)OCCCc2nc3ccccc3s2)cc1=O. The van der Waals surface area contributed by atoms with Gasteiger partial charge in [-0.25, -0.2) is 9.78 Å². The molecule has 0 unspecified atom stereocenters. The summed E-state index contributed by atoms with van der Waals surface area (Å²) in [5.74, 6) is -0.466. The minimum atomic E-state index is -0.466. The van der Waals surface area contributed by atoms with Crippen molar-refractivity contribution in [1.82, 2.24) is 9.55 Å². The van der Waals surface area contributed by atoms with Gasteiger partial charge in [-0.2, -0.15) is 0 Å². The van der Waals surface area contributed by atoms with Crippen molar-refractivity contribution in [2.45, 2.75) is 12.8 Å². The number of carbonyl (C=O) groups is 1. The second-order valence-corrected chi connectivity index (χ2v) is 6.29. The molecule has 118 valence electrons. The van der Waals surface area contributed by atoms with Crippen LogP contribution in [0.4, 0.5) is 0 Å². The van der Waals surface area contributed by atoms with Crippen molar-refractivity contribution in [3.8, 4) is 0 Å². The molecule has 2 aromatic heterocycles. The summed E-state index contributed by atoms with van der Waals surface area (Å²) < 4.78 is 7.78. The van der Waals surface area contributed by atoms with E-state index in [1.165, 1.54) is 15.3 Å². The van der Waals surface area contributed by atoms with E-state index in [-0.39, 0.29) is 11.1 Å². The minimum absolute atomic E-state index is 0.228. The van der Waals surface area contributed by atoms with Crippen LogP contribution >= 0.6 is 11.3 Å². The van der Waals surface area contributed by atoms with Gasteiger partial charge in [0.25, 0.3) is 5.56 Å². The molecule has 0 aliphatic carbocycles. The van der Waals surface area contributed by atoms with E-state index < -0.39 is 5.97 Å². The van der Waals surface area contributed by atoms with Crippen molar-refractivity contribution >= 4 is 27.5 Å². The molecule has 3 aromatic rings. The number of carbonyl (C=O) groups excluding carboxylic acids is 1. The molecule has 2 heterocycles. The van der Waals surface area contributed by atoms with E-state index in [0.717, 1.165) is 16.9 Å². The lowest BCUT2D eigenvalue weighted by molar-refractivity contribution is 0.0500. The van der Waals surface area contributed by atoms with E-state index in [1.807, 2.05) is 24.3 Å². The fourth-order valence-electron chi connectivity index (χ4n) is 2.17. The Balaban J connectivity index is 1.52. The first-order valence-corrected chi connectivity index (χ1v) is 8.13. The van der Waals surface area contributed by atoms with E-state index in [2.05, 4.69) is 4.98 Å². The Morgan fingerprint density at radius 1 is 1.30 bits per heavy atom. The Morgan fingerprint density at radius 3 is 2.91 bits per heavy atom. The maximum Gasteiger partial charge on any atom is 0.338 e. The monoisotopic (exact) mass is 328 g/mol. The lowest BCUT2D eigenvalue weighted by atomic mass is 10.2. The Hall–Kier alpha value is -2.47. The van der Waals surface area contributed by atoms with Gasteiger partial charge >= 0.3 is 5.97 Å². The summed E-state index contributed by atoms with van der Waals surface area (Å²) in [4.78, 5) is 27.9. The van der Waals surface area contributed by atoms with Gasteiger partial charge in [0.05, 0.1) is 27.4 Å². The standard InChI is InChI=1S/C17H16N2O3S/c1-19-9-8-12(11-16(19)20)17(21)22-10-4-7-15-18-13-5-2-3-6-14(13)23-15/h2-3,5-6,8-9,11H,4,7,10H2,1H3. The molecule has 23 heavy (non-hydrogen) atoms. The van der Waals surface area contributed by atoms with Gasteiger partial charge in [0.2, 0.25) is 0 Å². The maximum atomic E-state index is 11.9. The summed E-state index contributed by atoms with van der Waals surface area (Å²) in [6.07, 6.45) is 3.03. The van der Waals surface area contributed by atoms with E-state index in [1.54, 1.807) is 30.6 Å². The number of aromatic nitrogens is 2. The van der Waals surface area contributed by atoms with Crippen LogP contribution in [-0.4, -0.2) is 22.1 Å². The number of hydrogen-bond acceptors (Lipinski definition) is 5. The molecule has 0 atom stereocenters. The first kappa shape index (κ1) is 15.4. The molecule has 1 aromatic carbocycles. The largest absolute Gasteiger partial charge is 0.462 e. The lowest BCUT2D eigenvalue weighted by Gasteiger charge is -2.04. The molecule has 0 bridgehead atoms. The number of benzene rings is 1. The first-order valence-electron chi connectivity index (χ1n) is 7.32. The number of hydrogen-bond donors (Lipinski definition) is 0. The third kappa shape index (κ3) is 3.65. The highest BCUT2D eigenvalue weighted by molar-refractivity contribution is 7.18. The third-order valence-electron chi connectivity index (χ3n) is 3.45. The van der Waals surface area contributed by atoms with Crippen LogP contribution in [0.5, 0.6) is 0 Å². The number of rotatable bonds is 5. The minimum Gasteiger partial charge on any atom is -0.462 e. The predicted octanol–water partition coefficient (Wildman–Crippen LogP) is 2.78. The quantitative estimate of drug-likeness (QED) is 0.534. The number of ether oxygens (including phenoxy) is 1. The number of fused-ring (bicyclic) bond motifs is 1. The molecule has 0 spiro atoms. The highest BCUT2D eigenvalue weighted by atomic mass is 32.1. The van der Waals surface area contributed by atoms with E-state index in [4.69, 9.17) is 4.74 Å². The topological polar surface area (TPSA) is 61.2 Å². The fraction of sp³-hybridized carbons (Fsp3) is 0.235. The fourth-order valence-corrected chi connectivity index (χ4v) is 3.18. The molecular weight excluding hydrogens is 312 g/mol. The van der Waals surface area contributed by atoms with Crippen molar-refractivity contribution in [3.05, 3.63) is 63.5 Å². The highest BCUT2D eigenvalue weighted by Crippen LogP contribution is 2.22. The summed E-state index contributed by atoms with van der Waals surface area (Å²) in [5, 5.41) is 1.04. The van der Waals surface area contributed by atoms with Gasteiger partial charge in [0, 0.05) is 25.7 Å². The van der Waals surface area contributed by atoms with Gasteiger partial charge in [-0.3, -0.25) is 4.79 Å². The normalized spacial score (nSPS) is 10.8. The molecule has 0 saturated heterocycles. The summed E-state index contributed by atoms with van der Waals surface area (Å²) in [6.45, 7) is 0.309. The van der Waals surface area contributed by atoms with Crippen LogP contribution in [0, 0.1) is 0 Å². The molecule has 0 amide bonds. The zero-order valence-corrected chi connectivity index (χ0v) is 13.5. The lowest BCUT2D eigenvalue weighted by Crippen LogP contribution is -2.18. The Morgan fingerprint density at radius 2 is 2.13 bits per heavy atom. The molecular formula is C17H16N2O3S. The van der Waals surface area contributed by atoms with Crippen LogP contribution in [0.1, 0.15) is 21.8 Å². The van der Waals surface area contributed by atoms with Gasteiger partial charge in [-0.15, -0.1) is 11.3 Å². The maximum absolute atomic E-state index is 11.9. The van der Waals surface area contributed by atoms with E-state index >= 15 is 0 Å². The highest BCUT2D eigenvalue weighted by Gasteiger charge is 2.09. The van der Waals surface area contributed by atoms with Crippen LogP contribution in [0.15, 0.2) is 47.4 Å². The number of aryl methyl sites for hydroxylation is 2. The van der Waals surface area contributed by atoms with Crippen molar-refractivity contribution in [2.24, 2.45) is 7.05 Å². The van der Waals surface area contributed by atoms with Gasteiger partial charge < -0.3 is 9.30 Å². The van der Waals surface area contributed by atoms with Gasteiger partial charge in [-0.1, -0.05) is 12.1 Å². The van der Waals surface area contributed by atoms with Crippen LogP contribution in [0.25, 0.3) is 10.2 Å². The zero-order valence-electron chi connectivity index (χ0n) is 12.7. The van der Waals surface area contributed by atoms with Gasteiger partial charge in [0.15, 0.2) is 0 Å². The number of thiazole rings is 1. The average molecular weight is 328 g/mol. The Bertz CT molecular complexity index is 865. The molecule has 5 nitrogen and oxygen atoms in total. The van der Waals surface area contributed by atoms with E-state index in [9.17, 15) is 9.59 Å². The number of pyridine rings is 1. The van der Waals surface area contributed by atoms with Crippen molar-refractivity contribution in [1.29, 1.82) is 0 Å². The Labute approximate surface area is 137 Å². The van der Waals surface area contributed by atoms with Crippen molar-refractivity contribution < 1.29 is 9.53 Å². The third-order valence-corrected chi connectivity index (χ3v) is 4.54. The number of esters is 1. The second kappa shape index (κ2) is 6.75. The van der Waals surface area contributed by atoms with Crippen LogP contribution in [0.3, 0.4) is 0 Å². The Kier molecular flexibility index (Phi) is 4.52. The summed E-state index contributed by atoms with van der Waals surface area (Å²) >= 11 is 1.66. The smallest absolute Gasteiger partial charge is 0.338 e. The average Bonchev–Trinajstić information content (AvgIpc) is 2.96. The van der Waals surface area contributed by atoms with Crippen LogP contribution < -0.4 is 5.56 Å². The van der Waals surface area contributed by atoms with Crippen molar-refractivity contribution in [2.75, 3.05) is 6.61 Å². The molecule has 0 aliphatic rings. The molecule has 0 radical (unpaired) electrons. The molecule has 0 N–H and O–H groups in total. The summed E-state index contributed by atoms with van der Waals surface area (Å²) in [7, 11) is 1.63. The first-order chi connectivity index (χ1) is 11.1. The molecule has 0 fully saturated rings. The number of nitrogens with zero attached hydrogens (tertiary/aromatic N) is 2. The van der Waals surface area contributed by atoms with Crippen molar-refractivity contribution in [3.63, 3.8) is 0 Å². The van der Waals surface area contributed by atoms with Crippen LogP contribution in [-0.2, 0) is 18.2 Å². The predicted molar refractivity (Wildman–Crippen MR) is 89.9 cm³/mol.